The second-order valence-electron chi connectivity index (χ2n) is 8.96. The van der Waals surface area contributed by atoms with Crippen molar-refractivity contribution in [3.8, 4) is 5.75 Å². The molecule has 7 heteroatoms. The first-order valence-corrected chi connectivity index (χ1v) is 12.0. The molecule has 1 aromatic carbocycles. The van der Waals surface area contributed by atoms with E-state index in [1.807, 2.05) is 4.90 Å². The monoisotopic (exact) mass is 406 g/mol. The Kier molecular flexibility index (Phi) is 5.16. The lowest BCUT2D eigenvalue weighted by molar-refractivity contribution is -0.138. The summed E-state index contributed by atoms with van der Waals surface area (Å²) in [6.45, 7) is 5.01. The van der Waals surface area contributed by atoms with Crippen LogP contribution in [0, 0.1) is 12.8 Å². The lowest BCUT2D eigenvalue weighted by Crippen LogP contribution is -2.57. The summed E-state index contributed by atoms with van der Waals surface area (Å²) in [6, 6.07) is 6.30. The highest BCUT2D eigenvalue weighted by molar-refractivity contribution is 7.91. The van der Waals surface area contributed by atoms with Crippen LogP contribution in [0.5, 0.6) is 5.75 Å². The van der Waals surface area contributed by atoms with Crippen molar-refractivity contribution in [2.24, 2.45) is 5.92 Å². The number of nitrogens with zero attached hydrogens (tertiary/aromatic N) is 2. The minimum Gasteiger partial charge on any atom is -0.484 e. The van der Waals surface area contributed by atoms with Crippen LogP contribution in [-0.4, -0.2) is 67.9 Å². The van der Waals surface area contributed by atoms with E-state index in [2.05, 4.69) is 37.1 Å². The third-order valence-corrected chi connectivity index (χ3v) is 8.06. The zero-order valence-corrected chi connectivity index (χ0v) is 17.6. The summed E-state index contributed by atoms with van der Waals surface area (Å²) in [7, 11) is -0.846. The number of rotatable bonds is 2. The Morgan fingerprint density at radius 1 is 1.32 bits per heavy atom. The molecule has 2 fully saturated rings. The molecule has 3 aliphatic heterocycles. The van der Waals surface area contributed by atoms with E-state index in [0.29, 0.717) is 19.4 Å². The van der Waals surface area contributed by atoms with Crippen molar-refractivity contribution >= 4 is 15.7 Å². The number of likely N-dealkylation sites (tertiary alicyclic amines) is 1. The molecule has 0 bridgehead atoms. The van der Waals surface area contributed by atoms with Crippen molar-refractivity contribution in [3.05, 3.63) is 29.3 Å². The van der Waals surface area contributed by atoms with Crippen LogP contribution in [0.1, 0.15) is 36.8 Å². The van der Waals surface area contributed by atoms with Crippen LogP contribution in [-0.2, 0) is 21.2 Å². The number of hydrogen-bond acceptors (Lipinski definition) is 5. The Morgan fingerprint density at radius 3 is 2.89 bits per heavy atom. The number of piperidine rings is 1. The zero-order chi connectivity index (χ0) is 19.9. The number of carbonyl (C=O) groups is 1. The van der Waals surface area contributed by atoms with Crippen molar-refractivity contribution in [3.63, 3.8) is 0 Å². The van der Waals surface area contributed by atoms with E-state index in [4.69, 9.17) is 4.74 Å². The fourth-order valence-electron chi connectivity index (χ4n) is 4.97. The van der Waals surface area contributed by atoms with Gasteiger partial charge in [0.1, 0.15) is 11.4 Å². The van der Waals surface area contributed by atoms with Crippen LogP contribution < -0.4 is 4.74 Å². The van der Waals surface area contributed by atoms with Gasteiger partial charge in [-0.25, -0.2) is 8.42 Å². The van der Waals surface area contributed by atoms with Crippen molar-refractivity contribution in [2.75, 3.05) is 38.2 Å². The highest BCUT2D eigenvalue weighted by Gasteiger charge is 2.42. The number of carbonyl (C=O) groups excluding carboxylic acids is 1. The smallest absolute Gasteiger partial charge is 0.223 e. The molecule has 1 aromatic rings. The molecule has 3 aliphatic rings. The van der Waals surface area contributed by atoms with E-state index in [0.717, 1.165) is 38.2 Å². The molecule has 6 nitrogen and oxygen atoms in total. The van der Waals surface area contributed by atoms with Crippen LogP contribution >= 0.6 is 0 Å². The van der Waals surface area contributed by atoms with Gasteiger partial charge in [0, 0.05) is 31.6 Å². The predicted octanol–water partition coefficient (Wildman–Crippen LogP) is 2.01. The molecule has 0 aliphatic carbocycles. The van der Waals surface area contributed by atoms with Gasteiger partial charge < -0.3 is 9.64 Å². The third-order valence-electron chi connectivity index (χ3n) is 6.22. The van der Waals surface area contributed by atoms with Crippen molar-refractivity contribution < 1.29 is 17.9 Å². The van der Waals surface area contributed by atoms with Gasteiger partial charge in [0.15, 0.2) is 9.84 Å². The van der Waals surface area contributed by atoms with E-state index < -0.39 is 15.4 Å². The van der Waals surface area contributed by atoms with Crippen LogP contribution in [0.15, 0.2) is 18.2 Å². The van der Waals surface area contributed by atoms with Gasteiger partial charge in [-0.15, -0.1) is 0 Å². The molecule has 0 unspecified atom stereocenters. The van der Waals surface area contributed by atoms with Gasteiger partial charge in [0.2, 0.25) is 5.91 Å². The van der Waals surface area contributed by atoms with Crippen LogP contribution in [0.3, 0.4) is 0 Å². The highest BCUT2D eigenvalue weighted by Crippen LogP contribution is 2.35. The summed E-state index contributed by atoms with van der Waals surface area (Å²) in [5.74, 6) is 1.34. The Morgan fingerprint density at radius 2 is 2.14 bits per heavy atom. The predicted molar refractivity (Wildman–Crippen MR) is 108 cm³/mol. The minimum absolute atomic E-state index is 0.0307. The van der Waals surface area contributed by atoms with Gasteiger partial charge in [-0.05, 0) is 45.2 Å². The number of aryl methyl sites for hydroxylation is 1. The van der Waals surface area contributed by atoms with E-state index in [-0.39, 0.29) is 23.3 Å². The second-order valence-corrected chi connectivity index (χ2v) is 11.2. The lowest BCUT2D eigenvalue weighted by Gasteiger charge is -2.43. The summed E-state index contributed by atoms with van der Waals surface area (Å²) in [6.07, 6.45) is 2.77. The zero-order valence-electron chi connectivity index (χ0n) is 16.8. The Bertz CT molecular complexity index is 869. The average molecular weight is 407 g/mol. The van der Waals surface area contributed by atoms with Gasteiger partial charge in [0.25, 0.3) is 0 Å². The summed E-state index contributed by atoms with van der Waals surface area (Å²) in [4.78, 5) is 17.1. The first-order chi connectivity index (χ1) is 13.2. The van der Waals surface area contributed by atoms with E-state index in [1.54, 1.807) is 0 Å². The fourth-order valence-corrected chi connectivity index (χ4v) is 6.83. The molecule has 0 aromatic heterocycles. The Labute approximate surface area is 167 Å². The minimum atomic E-state index is -2.95. The molecule has 0 N–H and O–H groups in total. The SMILES string of the molecule is Cc1ccc2c(c1)CN(C)C[C@@]1(CCCN(C(=O)C[C@@H]3CCS(=O)(=O)C3)C1)O2. The molecule has 28 heavy (non-hydrogen) atoms. The maximum absolute atomic E-state index is 12.9. The summed E-state index contributed by atoms with van der Waals surface area (Å²) < 4.78 is 30.0. The third kappa shape index (κ3) is 4.20. The fraction of sp³-hybridized carbons (Fsp3) is 0.667. The molecule has 0 radical (unpaired) electrons. The first kappa shape index (κ1) is 19.7. The number of benzene rings is 1. The van der Waals surface area contributed by atoms with Crippen LogP contribution in [0.25, 0.3) is 0 Å². The van der Waals surface area contributed by atoms with Crippen molar-refractivity contribution in [1.29, 1.82) is 0 Å². The largest absolute Gasteiger partial charge is 0.484 e. The molecular formula is C21H30N2O4S. The number of hydrogen-bond donors (Lipinski definition) is 0. The number of amides is 1. The maximum atomic E-state index is 12.9. The van der Waals surface area contributed by atoms with E-state index in [1.165, 1.54) is 11.1 Å². The quantitative estimate of drug-likeness (QED) is 0.752. The summed E-state index contributed by atoms with van der Waals surface area (Å²) in [5.41, 5.74) is 2.02. The topological polar surface area (TPSA) is 66.9 Å². The molecule has 4 rings (SSSR count). The van der Waals surface area contributed by atoms with E-state index in [9.17, 15) is 13.2 Å². The molecule has 1 spiro atoms. The van der Waals surface area contributed by atoms with Crippen molar-refractivity contribution in [2.45, 2.75) is 44.8 Å². The molecule has 3 heterocycles. The Hall–Kier alpha value is -1.60. The second kappa shape index (κ2) is 7.34. The van der Waals surface area contributed by atoms with Crippen LogP contribution in [0.2, 0.25) is 0 Å². The molecule has 154 valence electrons. The first-order valence-electron chi connectivity index (χ1n) is 10.2. The van der Waals surface area contributed by atoms with Gasteiger partial charge >= 0.3 is 0 Å². The molecule has 2 saturated heterocycles. The van der Waals surface area contributed by atoms with Crippen molar-refractivity contribution in [1.82, 2.24) is 9.80 Å². The van der Waals surface area contributed by atoms with Gasteiger partial charge in [-0.3, -0.25) is 9.69 Å². The molecule has 2 atom stereocenters. The lowest BCUT2D eigenvalue weighted by atomic mass is 9.91. The number of likely N-dealkylation sites (N-methyl/N-ethyl adjacent to an activating group) is 1. The number of sulfone groups is 1. The molecule has 1 amide bonds. The summed E-state index contributed by atoms with van der Waals surface area (Å²) >= 11 is 0. The van der Waals surface area contributed by atoms with Gasteiger partial charge in [-0.2, -0.15) is 0 Å². The van der Waals surface area contributed by atoms with Gasteiger partial charge in [0.05, 0.1) is 18.1 Å². The highest BCUT2D eigenvalue weighted by atomic mass is 32.2. The molecule has 0 saturated carbocycles. The van der Waals surface area contributed by atoms with E-state index >= 15 is 0 Å². The number of fused-ring (bicyclic) bond motifs is 1. The summed E-state index contributed by atoms with van der Waals surface area (Å²) in [5, 5.41) is 0. The number of ether oxygens (including phenoxy) is 1. The Balaban J connectivity index is 1.49. The van der Waals surface area contributed by atoms with Gasteiger partial charge in [-0.1, -0.05) is 17.7 Å². The maximum Gasteiger partial charge on any atom is 0.223 e. The van der Waals surface area contributed by atoms with Crippen LogP contribution in [0.4, 0.5) is 0 Å². The normalized spacial score (nSPS) is 29.9. The molecular weight excluding hydrogens is 376 g/mol. The standard InChI is InChI=1S/C21H30N2O4S/c1-16-4-5-19-18(10-16)12-22(2)14-21(27-19)7-3-8-23(15-21)20(24)11-17-6-9-28(25,26)13-17/h4-5,10,17H,3,6-9,11-15H2,1-2H3/t17-,21+/m0/s1. The average Bonchev–Trinajstić information content (AvgIpc) is 2.88.